The Hall–Kier alpha value is -2.30. The van der Waals surface area contributed by atoms with Gasteiger partial charge >= 0.3 is 0 Å². The Balaban J connectivity index is 1.70. The van der Waals surface area contributed by atoms with Crippen LogP contribution in [-0.2, 0) is 24.2 Å². The first kappa shape index (κ1) is 18.5. The Morgan fingerprint density at radius 3 is 2.85 bits per heavy atom. The van der Waals surface area contributed by atoms with E-state index in [1.807, 2.05) is 30.7 Å². The molecular formula is C21H29N3O2. The minimum Gasteiger partial charge on any atom is -0.488 e. The number of carbonyl (C=O) groups excluding carboxylic acids is 1. The maximum atomic E-state index is 12.5. The van der Waals surface area contributed by atoms with Gasteiger partial charge < -0.3 is 10.1 Å². The second kappa shape index (κ2) is 7.14. The SMILES string of the molecule is CCCn1nc(C)c(NC(=O)Cc2ccc3c(c2)CCC(C)(C)O3)c1C. The molecule has 0 bridgehead atoms. The van der Waals surface area contributed by atoms with Gasteiger partial charge in [-0.3, -0.25) is 9.48 Å². The van der Waals surface area contributed by atoms with Crippen molar-refractivity contribution in [2.45, 2.75) is 72.4 Å². The Kier molecular flexibility index (Phi) is 5.08. The Labute approximate surface area is 155 Å². The number of aromatic nitrogens is 2. The van der Waals surface area contributed by atoms with E-state index in [1.54, 1.807) is 0 Å². The van der Waals surface area contributed by atoms with Crippen LogP contribution in [0.4, 0.5) is 5.69 Å². The first-order chi connectivity index (χ1) is 12.3. The van der Waals surface area contributed by atoms with Crippen LogP contribution in [0.15, 0.2) is 18.2 Å². The average Bonchev–Trinajstić information content (AvgIpc) is 2.82. The second-order valence-electron chi connectivity index (χ2n) is 7.80. The Morgan fingerprint density at radius 2 is 2.12 bits per heavy atom. The van der Waals surface area contributed by atoms with Crippen molar-refractivity contribution in [3.05, 3.63) is 40.7 Å². The fraction of sp³-hybridized carbons (Fsp3) is 0.524. The lowest BCUT2D eigenvalue weighted by molar-refractivity contribution is -0.115. The summed E-state index contributed by atoms with van der Waals surface area (Å²) < 4.78 is 7.98. The highest BCUT2D eigenvalue weighted by molar-refractivity contribution is 5.93. The molecule has 0 saturated heterocycles. The molecule has 140 valence electrons. The molecule has 2 heterocycles. The number of ether oxygens (including phenoxy) is 1. The van der Waals surface area contributed by atoms with Crippen molar-refractivity contribution in [1.29, 1.82) is 0 Å². The summed E-state index contributed by atoms with van der Waals surface area (Å²) >= 11 is 0. The summed E-state index contributed by atoms with van der Waals surface area (Å²) in [5.74, 6) is 0.933. The topological polar surface area (TPSA) is 56.2 Å². The molecule has 0 unspecified atom stereocenters. The molecule has 1 aliphatic rings. The first-order valence-corrected chi connectivity index (χ1v) is 9.44. The number of nitrogens with zero attached hydrogens (tertiary/aromatic N) is 2. The lowest BCUT2D eigenvalue weighted by Gasteiger charge is -2.32. The third-order valence-electron chi connectivity index (χ3n) is 4.95. The van der Waals surface area contributed by atoms with Gasteiger partial charge in [-0.2, -0.15) is 5.10 Å². The fourth-order valence-electron chi connectivity index (χ4n) is 3.50. The fourth-order valence-corrected chi connectivity index (χ4v) is 3.50. The van der Waals surface area contributed by atoms with Crippen molar-refractivity contribution in [1.82, 2.24) is 9.78 Å². The van der Waals surface area contributed by atoms with E-state index < -0.39 is 0 Å². The maximum absolute atomic E-state index is 12.5. The summed E-state index contributed by atoms with van der Waals surface area (Å²) in [7, 11) is 0. The number of carbonyl (C=O) groups is 1. The third kappa shape index (κ3) is 3.92. The van der Waals surface area contributed by atoms with E-state index in [4.69, 9.17) is 4.74 Å². The van der Waals surface area contributed by atoms with Crippen molar-refractivity contribution in [2.75, 3.05) is 5.32 Å². The minimum atomic E-state index is -0.112. The van der Waals surface area contributed by atoms with Gasteiger partial charge in [0, 0.05) is 6.54 Å². The Morgan fingerprint density at radius 1 is 1.35 bits per heavy atom. The summed E-state index contributed by atoms with van der Waals surface area (Å²) in [4.78, 5) is 12.5. The van der Waals surface area contributed by atoms with Crippen LogP contribution in [0.3, 0.4) is 0 Å². The van der Waals surface area contributed by atoms with Gasteiger partial charge in [0.05, 0.1) is 23.5 Å². The van der Waals surface area contributed by atoms with E-state index in [9.17, 15) is 4.79 Å². The molecule has 5 nitrogen and oxygen atoms in total. The van der Waals surface area contributed by atoms with Gasteiger partial charge in [0.25, 0.3) is 0 Å². The van der Waals surface area contributed by atoms with Crippen LogP contribution in [0.5, 0.6) is 5.75 Å². The second-order valence-corrected chi connectivity index (χ2v) is 7.80. The van der Waals surface area contributed by atoms with Crippen molar-refractivity contribution in [3.63, 3.8) is 0 Å². The van der Waals surface area contributed by atoms with E-state index >= 15 is 0 Å². The van der Waals surface area contributed by atoms with Crippen molar-refractivity contribution >= 4 is 11.6 Å². The van der Waals surface area contributed by atoms with Crippen LogP contribution in [-0.4, -0.2) is 21.3 Å². The highest BCUT2D eigenvalue weighted by Crippen LogP contribution is 2.33. The minimum absolute atomic E-state index is 0.00995. The summed E-state index contributed by atoms with van der Waals surface area (Å²) in [5.41, 5.74) is 4.81. The van der Waals surface area contributed by atoms with Crippen LogP contribution in [0.1, 0.15) is 56.1 Å². The molecule has 26 heavy (non-hydrogen) atoms. The number of nitrogens with one attached hydrogen (secondary N) is 1. The number of fused-ring (bicyclic) bond motifs is 1. The highest BCUT2D eigenvalue weighted by Gasteiger charge is 2.26. The molecule has 5 heteroatoms. The third-order valence-corrected chi connectivity index (χ3v) is 4.95. The summed E-state index contributed by atoms with van der Waals surface area (Å²) in [5, 5.41) is 7.56. The van der Waals surface area contributed by atoms with E-state index in [0.29, 0.717) is 6.42 Å². The average molecular weight is 355 g/mol. The van der Waals surface area contributed by atoms with Gasteiger partial charge in [-0.1, -0.05) is 19.1 Å². The summed E-state index contributed by atoms with van der Waals surface area (Å²) in [6, 6.07) is 6.08. The van der Waals surface area contributed by atoms with Crippen LogP contribution < -0.4 is 10.1 Å². The van der Waals surface area contributed by atoms with Crippen molar-refractivity contribution in [3.8, 4) is 5.75 Å². The van der Waals surface area contributed by atoms with Gasteiger partial charge in [0.1, 0.15) is 11.4 Å². The summed E-state index contributed by atoms with van der Waals surface area (Å²) in [6.45, 7) is 11.1. The monoisotopic (exact) mass is 355 g/mol. The molecule has 0 fully saturated rings. The number of hydrogen-bond donors (Lipinski definition) is 1. The van der Waals surface area contributed by atoms with Crippen molar-refractivity contribution in [2.24, 2.45) is 0 Å². The molecule has 0 aliphatic carbocycles. The largest absolute Gasteiger partial charge is 0.488 e. The summed E-state index contributed by atoms with van der Waals surface area (Å²) in [6.07, 6.45) is 3.35. The molecule has 3 rings (SSSR count). The molecule has 1 aliphatic heterocycles. The van der Waals surface area contributed by atoms with Gasteiger partial charge in [-0.15, -0.1) is 0 Å². The van der Waals surface area contributed by atoms with Crippen molar-refractivity contribution < 1.29 is 9.53 Å². The maximum Gasteiger partial charge on any atom is 0.228 e. The molecule has 1 N–H and O–H groups in total. The normalized spacial score (nSPS) is 15.3. The van der Waals surface area contributed by atoms with Gasteiger partial charge in [0.15, 0.2) is 0 Å². The number of benzene rings is 1. The zero-order valence-corrected chi connectivity index (χ0v) is 16.5. The van der Waals surface area contributed by atoms with Crippen LogP contribution in [0.2, 0.25) is 0 Å². The van der Waals surface area contributed by atoms with Gasteiger partial charge in [-0.25, -0.2) is 0 Å². The molecular weight excluding hydrogens is 326 g/mol. The standard InChI is InChI=1S/C21H29N3O2/c1-6-11-24-15(3)20(14(2)23-24)22-19(25)13-16-7-8-18-17(12-16)9-10-21(4,5)26-18/h7-8,12H,6,9-11,13H2,1-5H3,(H,22,25). The molecule has 2 aromatic rings. The number of hydrogen-bond acceptors (Lipinski definition) is 3. The Bertz CT molecular complexity index is 821. The number of aryl methyl sites for hydroxylation is 3. The molecule has 1 aromatic heterocycles. The molecule has 0 radical (unpaired) electrons. The lowest BCUT2D eigenvalue weighted by Crippen LogP contribution is -2.32. The highest BCUT2D eigenvalue weighted by atomic mass is 16.5. The molecule has 0 saturated carbocycles. The predicted molar refractivity (Wildman–Crippen MR) is 104 cm³/mol. The van der Waals surface area contributed by atoms with Crippen LogP contribution in [0, 0.1) is 13.8 Å². The van der Waals surface area contributed by atoms with Crippen LogP contribution >= 0.6 is 0 Å². The molecule has 0 atom stereocenters. The zero-order valence-electron chi connectivity index (χ0n) is 16.5. The van der Waals surface area contributed by atoms with E-state index in [1.165, 1.54) is 5.56 Å². The number of amides is 1. The van der Waals surface area contributed by atoms with E-state index in [2.05, 4.69) is 37.3 Å². The zero-order chi connectivity index (χ0) is 18.9. The molecule has 1 aromatic carbocycles. The quantitative estimate of drug-likeness (QED) is 0.875. The van der Waals surface area contributed by atoms with Crippen LogP contribution in [0.25, 0.3) is 0 Å². The molecule has 0 spiro atoms. The van der Waals surface area contributed by atoms with Gasteiger partial charge in [0.2, 0.25) is 5.91 Å². The van der Waals surface area contributed by atoms with E-state index in [-0.39, 0.29) is 11.5 Å². The predicted octanol–water partition coefficient (Wildman–Crippen LogP) is 4.19. The smallest absolute Gasteiger partial charge is 0.228 e. The molecule has 1 amide bonds. The van der Waals surface area contributed by atoms with E-state index in [0.717, 1.165) is 54.2 Å². The lowest BCUT2D eigenvalue weighted by atomic mass is 9.93. The number of anilines is 1. The van der Waals surface area contributed by atoms with Gasteiger partial charge in [-0.05, 0) is 64.2 Å². The number of rotatable bonds is 5. The first-order valence-electron chi connectivity index (χ1n) is 9.44.